The van der Waals surface area contributed by atoms with Crippen molar-refractivity contribution in [2.45, 2.75) is 19.4 Å². The minimum Gasteiger partial charge on any atom is -0.465 e. The molecule has 166 valence electrons. The largest absolute Gasteiger partial charge is 0.465 e. The van der Waals surface area contributed by atoms with Crippen LogP contribution in [0.25, 0.3) is 0 Å². The molecule has 0 radical (unpaired) electrons. The minimum absolute atomic E-state index is 0.197. The Morgan fingerprint density at radius 2 is 1.94 bits per heavy atom. The van der Waals surface area contributed by atoms with Gasteiger partial charge in [0.2, 0.25) is 0 Å². The number of fused-ring (bicyclic) bond motifs is 1. The maximum atomic E-state index is 12.1. The molecule has 2 heterocycles. The Labute approximate surface area is 189 Å². The lowest BCUT2D eigenvalue weighted by Crippen LogP contribution is -2.36. The molecule has 4 rings (SSSR count). The zero-order valence-corrected chi connectivity index (χ0v) is 19.1. The number of esters is 1. The molecule has 1 aliphatic heterocycles. The van der Waals surface area contributed by atoms with E-state index in [2.05, 4.69) is 83.6 Å². The Hall–Kier alpha value is -3.38. The van der Waals surface area contributed by atoms with Crippen LogP contribution in [0.3, 0.4) is 0 Å². The molecule has 0 saturated heterocycles. The third-order valence-corrected chi connectivity index (χ3v) is 6.27. The first-order valence-corrected chi connectivity index (χ1v) is 10.9. The molecule has 0 amide bonds. The summed E-state index contributed by atoms with van der Waals surface area (Å²) in [7, 11) is 5.64. The molecule has 2 aromatic carbocycles. The van der Waals surface area contributed by atoms with Gasteiger partial charge in [-0.05, 0) is 61.9 Å². The van der Waals surface area contributed by atoms with Crippen LogP contribution in [0.4, 0.5) is 17.1 Å². The second kappa shape index (κ2) is 9.40. The van der Waals surface area contributed by atoms with Gasteiger partial charge in [0.05, 0.1) is 30.6 Å². The molecule has 1 aromatic heterocycles. The van der Waals surface area contributed by atoms with Crippen molar-refractivity contribution in [2.24, 2.45) is 0 Å². The number of nitrogens with one attached hydrogen (secondary N) is 1. The number of ether oxygens (including phenoxy) is 1. The van der Waals surface area contributed by atoms with Crippen LogP contribution in [0, 0.1) is 6.92 Å². The van der Waals surface area contributed by atoms with E-state index in [4.69, 9.17) is 4.74 Å². The lowest BCUT2D eigenvalue weighted by molar-refractivity contribution is 0.0601. The summed E-state index contributed by atoms with van der Waals surface area (Å²) >= 11 is 0. The number of hydrogen-bond acceptors (Lipinski definition) is 6. The summed E-state index contributed by atoms with van der Waals surface area (Å²) in [5.41, 5.74) is 7.49. The highest BCUT2D eigenvalue weighted by Gasteiger charge is 2.26. The third kappa shape index (κ3) is 4.46. The quantitative estimate of drug-likeness (QED) is 0.578. The van der Waals surface area contributed by atoms with Gasteiger partial charge in [-0.2, -0.15) is 0 Å². The van der Waals surface area contributed by atoms with Gasteiger partial charge in [-0.1, -0.05) is 23.8 Å². The molecule has 3 aromatic rings. The fourth-order valence-electron chi connectivity index (χ4n) is 4.25. The number of benzene rings is 2. The van der Waals surface area contributed by atoms with Crippen molar-refractivity contribution in [3.8, 4) is 0 Å². The van der Waals surface area contributed by atoms with E-state index < -0.39 is 0 Å². The molecule has 32 heavy (non-hydrogen) atoms. The highest BCUT2D eigenvalue weighted by molar-refractivity contribution is 5.95. The van der Waals surface area contributed by atoms with E-state index in [1.807, 2.05) is 0 Å². The molecule has 1 aliphatic rings. The van der Waals surface area contributed by atoms with Crippen LogP contribution >= 0.6 is 0 Å². The van der Waals surface area contributed by atoms with E-state index in [0.29, 0.717) is 17.8 Å². The van der Waals surface area contributed by atoms with Crippen LogP contribution in [0.1, 0.15) is 33.1 Å². The summed E-state index contributed by atoms with van der Waals surface area (Å²) in [6.45, 7) is 3.76. The molecule has 6 nitrogen and oxygen atoms in total. The number of methoxy groups -OCH3 is 1. The summed E-state index contributed by atoms with van der Waals surface area (Å²) in [5, 5.41) is 3.42. The average molecular weight is 431 g/mol. The Morgan fingerprint density at radius 3 is 2.69 bits per heavy atom. The maximum absolute atomic E-state index is 12.1. The van der Waals surface area contributed by atoms with Crippen molar-refractivity contribution < 1.29 is 9.53 Å². The van der Waals surface area contributed by atoms with Gasteiger partial charge in [0.25, 0.3) is 0 Å². The van der Waals surface area contributed by atoms with Crippen LogP contribution in [0.15, 0.2) is 60.9 Å². The molecule has 0 spiro atoms. The van der Waals surface area contributed by atoms with Crippen molar-refractivity contribution in [3.63, 3.8) is 0 Å². The van der Waals surface area contributed by atoms with Gasteiger partial charge in [-0.3, -0.25) is 9.88 Å². The van der Waals surface area contributed by atoms with Crippen LogP contribution in [0.2, 0.25) is 0 Å². The predicted molar refractivity (Wildman–Crippen MR) is 129 cm³/mol. The number of pyridine rings is 1. The second-order valence-corrected chi connectivity index (χ2v) is 8.32. The minimum atomic E-state index is -0.365. The van der Waals surface area contributed by atoms with Crippen molar-refractivity contribution in [2.75, 3.05) is 44.5 Å². The normalized spacial score (nSPS) is 15.7. The first kappa shape index (κ1) is 21.8. The number of nitrogens with zero attached hydrogens (tertiary/aromatic N) is 3. The molecule has 1 atom stereocenters. The van der Waals surface area contributed by atoms with Crippen LogP contribution in [-0.4, -0.2) is 50.1 Å². The molecular weight excluding hydrogens is 400 g/mol. The monoisotopic (exact) mass is 430 g/mol. The molecule has 0 aliphatic carbocycles. The average Bonchev–Trinajstić information content (AvgIpc) is 2.83. The summed E-state index contributed by atoms with van der Waals surface area (Å²) in [5.74, 6) is -0.365. The van der Waals surface area contributed by atoms with Gasteiger partial charge in [-0.15, -0.1) is 0 Å². The van der Waals surface area contributed by atoms with Gasteiger partial charge in [0.1, 0.15) is 0 Å². The van der Waals surface area contributed by atoms with E-state index in [1.54, 1.807) is 18.5 Å². The number of anilines is 3. The van der Waals surface area contributed by atoms with E-state index in [9.17, 15) is 4.79 Å². The molecular formula is C26H30N4O2. The zero-order valence-electron chi connectivity index (χ0n) is 19.1. The summed E-state index contributed by atoms with van der Waals surface area (Å²) < 4.78 is 4.90. The van der Waals surface area contributed by atoms with Gasteiger partial charge in [0.15, 0.2) is 0 Å². The standard InChI is InChI=1S/C26H30N4O2/c1-18-5-7-20(8-6-18)30(3)21-9-10-22-19(15-21)12-14-29(2)25(22)17-28-24-16-27-13-11-23(24)26(31)32-4/h5-11,13,15-16,25,28H,12,14,17H2,1-4H3/t25-/m0/s1. The summed E-state index contributed by atoms with van der Waals surface area (Å²) in [4.78, 5) is 20.8. The molecule has 0 bridgehead atoms. The Bertz CT molecular complexity index is 1100. The molecule has 0 unspecified atom stereocenters. The fraction of sp³-hybridized carbons (Fsp3) is 0.308. The highest BCUT2D eigenvalue weighted by Crippen LogP contribution is 2.33. The fourth-order valence-corrected chi connectivity index (χ4v) is 4.25. The van der Waals surface area contributed by atoms with Crippen molar-refractivity contribution >= 4 is 23.0 Å². The van der Waals surface area contributed by atoms with Gasteiger partial charge in [-0.25, -0.2) is 4.79 Å². The van der Waals surface area contributed by atoms with E-state index in [-0.39, 0.29) is 12.0 Å². The van der Waals surface area contributed by atoms with E-state index in [1.165, 1.54) is 35.2 Å². The van der Waals surface area contributed by atoms with Gasteiger partial charge >= 0.3 is 5.97 Å². The SMILES string of the molecule is COC(=O)c1ccncc1NC[C@H]1c2ccc(N(C)c3ccc(C)cc3)cc2CCN1C. The smallest absolute Gasteiger partial charge is 0.340 e. The number of likely N-dealkylation sites (N-methyl/N-ethyl adjacent to an activating group) is 1. The van der Waals surface area contributed by atoms with Gasteiger partial charge in [0, 0.05) is 37.7 Å². The Morgan fingerprint density at radius 1 is 1.19 bits per heavy atom. The number of carbonyl (C=O) groups excluding carboxylic acids is 1. The number of aryl methyl sites for hydroxylation is 1. The van der Waals surface area contributed by atoms with Gasteiger partial charge < -0.3 is 15.0 Å². The van der Waals surface area contributed by atoms with Crippen LogP contribution < -0.4 is 10.2 Å². The molecule has 6 heteroatoms. The van der Waals surface area contributed by atoms with Crippen molar-refractivity contribution in [3.05, 3.63) is 83.2 Å². The first-order valence-electron chi connectivity index (χ1n) is 10.9. The van der Waals surface area contributed by atoms with Crippen molar-refractivity contribution in [1.82, 2.24) is 9.88 Å². The lowest BCUT2D eigenvalue weighted by Gasteiger charge is -2.36. The molecule has 0 saturated carbocycles. The summed E-state index contributed by atoms with van der Waals surface area (Å²) in [6.07, 6.45) is 4.29. The highest BCUT2D eigenvalue weighted by atomic mass is 16.5. The lowest BCUT2D eigenvalue weighted by atomic mass is 9.92. The number of carbonyl (C=O) groups is 1. The zero-order chi connectivity index (χ0) is 22.7. The number of hydrogen-bond donors (Lipinski definition) is 1. The molecule has 0 fully saturated rings. The van der Waals surface area contributed by atoms with E-state index in [0.717, 1.165) is 13.0 Å². The topological polar surface area (TPSA) is 57.7 Å². The second-order valence-electron chi connectivity index (χ2n) is 8.32. The van der Waals surface area contributed by atoms with Crippen LogP contribution in [-0.2, 0) is 11.2 Å². The van der Waals surface area contributed by atoms with Crippen molar-refractivity contribution in [1.29, 1.82) is 0 Å². The number of aromatic nitrogens is 1. The number of rotatable bonds is 6. The van der Waals surface area contributed by atoms with E-state index >= 15 is 0 Å². The molecule has 1 N–H and O–H groups in total. The summed E-state index contributed by atoms with van der Waals surface area (Å²) in [6, 6.07) is 17.2. The van der Waals surface area contributed by atoms with Crippen LogP contribution in [0.5, 0.6) is 0 Å². The Balaban J connectivity index is 1.55. The third-order valence-electron chi connectivity index (χ3n) is 6.27. The Kier molecular flexibility index (Phi) is 6.42. The maximum Gasteiger partial charge on any atom is 0.340 e. The first-order chi connectivity index (χ1) is 15.5. The predicted octanol–water partition coefficient (Wildman–Crippen LogP) is 4.59.